The normalized spacial score (nSPS) is 14.8. The van der Waals surface area contributed by atoms with Crippen molar-refractivity contribution in [1.82, 2.24) is 4.90 Å². The number of nitrogens with zero attached hydrogens (tertiary/aromatic N) is 1. The van der Waals surface area contributed by atoms with Gasteiger partial charge in [0.25, 0.3) is 0 Å². The number of allylic oxidation sites excluding steroid dienone is 1. The zero-order chi connectivity index (χ0) is 17.8. The highest BCUT2D eigenvalue weighted by Crippen LogP contribution is 2.40. The Morgan fingerprint density at radius 3 is 2.64 bits per heavy atom. The van der Waals surface area contributed by atoms with Crippen LogP contribution in [0.4, 0.5) is 0 Å². The van der Waals surface area contributed by atoms with Crippen molar-refractivity contribution in [2.75, 3.05) is 13.6 Å². The van der Waals surface area contributed by atoms with Crippen LogP contribution in [0.25, 0.3) is 6.08 Å². The Labute approximate surface area is 148 Å². The molecule has 0 fully saturated rings. The van der Waals surface area contributed by atoms with Crippen LogP contribution in [0.2, 0.25) is 0 Å². The Morgan fingerprint density at radius 1 is 1.16 bits per heavy atom. The molecule has 2 aromatic rings. The minimum absolute atomic E-state index is 0.142. The topological polar surface area (TPSA) is 49.8 Å². The highest BCUT2D eigenvalue weighted by molar-refractivity contribution is 6.14. The predicted molar refractivity (Wildman–Crippen MR) is 98.7 cm³/mol. The first-order valence-electron chi connectivity index (χ1n) is 8.63. The molecule has 0 spiro atoms. The number of ether oxygens (including phenoxy) is 1. The van der Waals surface area contributed by atoms with E-state index >= 15 is 0 Å². The van der Waals surface area contributed by atoms with Crippen LogP contribution in [0.3, 0.4) is 0 Å². The standard InChI is InChI=1S/C21H23NO3/c1-3-4-12-22(2)14-17-18(23)11-10-16-20(24)19(25-21(16)17)13-15-8-6-5-7-9-15/h5-11,13,23H,3-4,12,14H2,1-2H3. The number of phenols is 1. The number of carbonyl (C=O) groups excluding carboxylic acids is 1. The molecule has 0 aliphatic carbocycles. The van der Waals surface area contributed by atoms with Gasteiger partial charge in [0.1, 0.15) is 11.5 Å². The van der Waals surface area contributed by atoms with Gasteiger partial charge in [-0.25, -0.2) is 0 Å². The smallest absolute Gasteiger partial charge is 0.231 e. The lowest BCUT2D eigenvalue weighted by molar-refractivity contribution is 0.101. The number of rotatable bonds is 6. The quantitative estimate of drug-likeness (QED) is 0.801. The number of unbranched alkanes of at least 4 members (excludes halogenated alkanes) is 1. The van der Waals surface area contributed by atoms with Gasteiger partial charge in [-0.2, -0.15) is 0 Å². The third-order valence-corrected chi connectivity index (χ3v) is 4.33. The zero-order valence-corrected chi connectivity index (χ0v) is 14.7. The van der Waals surface area contributed by atoms with Crippen molar-refractivity contribution in [3.05, 3.63) is 64.9 Å². The fourth-order valence-corrected chi connectivity index (χ4v) is 2.93. The molecule has 0 unspecified atom stereocenters. The average Bonchev–Trinajstić information content (AvgIpc) is 2.93. The molecule has 4 heteroatoms. The number of hydrogen-bond donors (Lipinski definition) is 1. The maximum Gasteiger partial charge on any atom is 0.231 e. The fourth-order valence-electron chi connectivity index (χ4n) is 2.93. The largest absolute Gasteiger partial charge is 0.507 e. The molecule has 130 valence electrons. The van der Waals surface area contributed by atoms with Crippen molar-refractivity contribution >= 4 is 11.9 Å². The highest BCUT2D eigenvalue weighted by atomic mass is 16.5. The Balaban J connectivity index is 1.89. The van der Waals surface area contributed by atoms with Crippen molar-refractivity contribution in [3.63, 3.8) is 0 Å². The van der Waals surface area contributed by atoms with Crippen LogP contribution in [0.1, 0.15) is 41.3 Å². The molecule has 0 aromatic heterocycles. The molecule has 1 N–H and O–H groups in total. The van der Waals surface area contributed by atoms with Crippen LogP contribution in [-0.2, 0) is 6.54 Å². The molecule has 4 nitrogen and oxygen atoms in total. The highest BCUT2D eigenvalue weighted by Gasteiger charge is 2.31. The van der Waals surface area contributed by atoms with E-state index in [0.717, 1.165) is 24.9 Å². The Hall–Kier alpha value is -2.59. The van der Waals surface area contributed by atoms with Gasteiger partial charge in [0.2, 0.25) is 5.78 Å². The van der Waals surface area contributed by atoms with E-state index in [-0.39, 0.29) is 11.5 Å². The lowest BCUT2D eigenvalue weighted by Gasteiger charge is -2.18. The Kier molecular flexibility index (Phi) is 5.19. The molecule has 1 aliphatic rings. The summed E-state index contributed by atoms with van der Waals surface area (Å²) in [4.78, 5) is 14.8. The number of hydrogen-bond acceptors (Lipinski definition) is 4. The number of fused-ring (bicyclic) bond motifs is 1. The molecular weight excluding hydrogens is 314 g/mol. The van der Waals surface area contributed by atoms with E-state index in [1.807, 2.05) is 37.4 Å². The van der Waals surface area contributed by atoms with Crippen molar-refractivity contribution in [1.29, 1.82) is 0 Å². The van der Waals surface area contributed by atoms with Crippen molar-refractivity contribution in [2.24, 2.45) is 0 Å². The summed E-state index contributed by atoms with van der Waals surface area (Å²) < 4.78 is 5.87. The lowest BCUT2D eigenvalue weighted by Crippen LogP contribution is -2.19. The number of ketones is 1. The van der Waals surface area contributed by atoms with E-state index in [0.29, 0.717) is 29.2 Å². The summed E-state index contributed by atoms with van der Waals surface area (Å²) in [6.07, 6.45) is 3.94. The number of aromatic hydroxyl groups is 1. The second kappa shape index (κ2) is 7.53. The summed E-state index contributed by atoms with van der Waals surface area (Å²) in [5, 5.41) is 10.3. The molecule has 1 aliphatic heterocycles. The van der Waals surface area contributed by atoms with Crippen LogP contribution < -0.4 is 4.74 Å². The van der Waals surface area contributed by atoms with E-state index in [2.05, 4.69) is 11.8 Å². The van der Waals surface area contributed by atoms with Crippen LogP contribution in [0, 0.1) is 0 Å². The van der Waals surface area contributed by atoms with Gasteiger partial charge < -0.3 is 14.7 Å². The number of benzene rings is 2. The second-order valence-electron chi connectivity index (χ2n) is 6.38. The van der Waals surface area contributed by atoms with Crippen molar-refractivity contribution in [2.45, 2.75) is 26.3 Å². The Bertz CT molecular complexity index is 796. The third kappa shape index (κ3) is 3.74. The predicted octanol–water partition coefficient (Wildman–Crippen LogP) is 4.24. The van der Waals surface area contributed by atoms with E-state index in [1.165, 1.54) is 0 Å². The molecule has 1 heterocycles. The van der Waals surface area contributed by atoms with Crippen LogP contribution in [0.5, 0.6) is 11.5 Å². The molecule has 0 saturated carbocycles. The second-order valence-corrected chi connectivity index (χ2v) is 6.38. The number of phenolic OH excluding ortho intramolecular Hbond substituents is 1. The van der Waals surface area contributed by atoms with Crippen molar-refractivity contribution in [3.8, 4) is 11.5 Å². The van der Waals surface area contributed by atoms with Gasteiger partial charge in [-0.3, -0.25) is 4.79 Å². The van der Waals surface area contributed by atoms with E-state index in [1.54, 1.807) is 18.2 Å². The van der Waals surface area contributed by atoms with Gasteiger partial charge >= 0.3 is 0 Å². The first kappa shape index (κ1) is 17.2. The number of carbonyl (C=O) groups is 1. The first-order chi connectivity index (χ1) is 12.1. The van der Waals surface area contributed by atoms with Gasteiger partial charge in [0.05, 0.1) is 11.1 Å². The summed E-state index contributed by atoms with van der Waals surface area (Å²) in [5.74, 6) is 0.798. The summed E-state index contributed by atoms with van der Waals surface area (Å²) >= 11 is 0. The molecule has 25 heavy (non-hydrogen) atoms. The Morgan fingerprint density at radius 2 is 1.92 bits per heavy atom. The van der Waals surface area contributed by atoms with Gasteiger partial charge in [-0.1, -0.05) is 43.7 Å². The molecule has 0 radical (unpaired) electrons. The van der Waals surface area contributed by atoms with Gasteiger partial charge in [0.15, 0.2) is 5.76 Å². The van der Waals surface area contributed by atoms with Crippen LogP contribution >= 0.6 is 0 Å². The molecular formula is C21H23NO3. The fraction of sp³-hybridized carbons (Fsp3) is 0.286. The zero-order valence-electron chi connectivity index (χ0n) is 14.7. The van der Waals surface area contributed by atoms with Crippen molar-refractivity contribution < 1.29 is 14.6 Å². The third-order valence-electron chi connectivity index (χ3n) is 4.33. The maximum absolute atomic E-state index is 12.6. The molecule has 0 bridgehead atoms. The number of Topliss-reactive ketones (excluding diaryl/α,β-unsaturated/α-hetero) is 1. The molecule has 0 saturated heterocycles. The van der Waals surface area contributed by atoms with Gasteiger partial charge in [-0.05, 0) is 43.8 Å². The van der Waals surface area contributed by atoms with Crippen LogP contribution in [-0.4, -0.2) is 29.4 Å². The summed E-state index contributed by atoms with van der Waals surface area (Å²) in [5.41, 5.74) is 2.09. The monoisotopic (exact) mass is 337 g/mol. The summed E-state index contributed by atoms with van der Waals surface area (Å²) in [7, 11) is 2.01. The SMILES string of the molecule is CCCCN(C)Cc1c(O)ccc2c1OC(=Cc1ccccc1)C2=O. The van der Waals surface area contributed by atoms with E-state index in [9.17, 15) is 9.90 Å². The summed E-state index contributed by atoms with van der Waals surface area (Å²) in [6.45, 7) is 3.62. The van der Waals surface area contributed by atoms with Crippen LogP contribution in [0.15, 0.2) is 48.2 Å². The maximum atomic E-state index is 12.6. The van der Waals surface area contributed by atoms with Gasteiger partial charge in [-0.15, -0.1) is 0 Å². The molecule has 2 aromatic carbocycles. The molecule has 3 rings (SSSR count). The average molecular weight is 337 g/mol. The minimum Gasteiger partial charge on any atom is -0.507 e. The van der Waals surface area contributed by atoms with E-state index in [4.69, 9.17) is 4.74 Å². The molecule has 0 atom stereocenters. The van der Waals surface area contributed by atoms with E-state index < -0.39 is 0 Å². The first-order valence-corrected chi connectivity index (χ1v) is 8.63. The lowest BCUT2D eigenvalue weighted by atomic mass is 10.0. The van der Waals surface area contributed by atoms with Gasteiger partial charge in [0, 0.05) is 6.54 Å². The molecule has 0 amide bonds. The minimum atomic E-state index is -0.142. The summed E-state index contributed by atoms with van der Waals surface area (Å²) in [6, 6.07) is 12.8.